The molecule has 19 heavy (non-hydrogen) atoms. The van der Waals surface area contributed by atoms with E-state index in [0.29, 0.717) is 5.92 Å². The van der Waals surface area contributed by atoms with E-state index in [1.165, 1.54) is 5.56 Å². The van der Waals surface area contributed by atoms with Crippen LogP contribution in [0.15, 0.2) is 16.6 Å². The molecule has 0 amide bonds. The van der Waals surface area contributed by atoms with Gasteiger partial charge in [0, 0.05) is 5.92 Å². The molecule has 0 spiro atoms. The number of carboxylic acid groups (broad SMARTS) is 1. The third-order valence-electron chi connectivity index (χ3n) is 3.73. The van der Waals surface area contributed by atoms with Crippen molar-refractivity contribution in [3.8, 4) is 5.75 Å². The summed E-state index contributed by atoms with van der Waals surface area (Å²) in [5.74, 6) is 0.603. The van der Waals surface area contributed by atoms with Crippen molar-refractivity contribution in [1.29, 1.82) is 0 Å². The van der Waals surface area contributed by atoms with Crippen LogP contribution in [0.2, 0.25) is 0 Å². The van der Waals surface area contributed by atoms with Gasteiger partial charge in [0.15, 0.2) is 0 Å². The molecule has 2 rings (SSSR count). The van der Waals surface area contributed by atoms with E-state index >= 15 is 0 Å². The molecule has 3 nitrogen and oxygen atoms in total. The summed E-state index contributed by atoms with van der Waals surface area (Å²) in [6, 6.07) is 4.16. The molecular formula is C15H19BrO3. The molecule has 0 aliphatic heterocycles. The first-order valence-electron chi connectivity index (χ1n) is 6.64. The molecule has 0 heterocycles. The van der Waals surface area contributed by atoms with Gasteiger partial charge in [0.2, 0.25) is 0 Å². The van der Waals surface area contributed by atoms with Crippen molar-refractivity contribution in [1.82, 2.24) is 0 Å². The van der Waals surface area contributed by atoms with Gasteiger partial charge in [-0.2, -0.15) is 0 Å². The first kappa shape index (κ1) is 14.4. The summed E-state index contributed by atoms with van der Waals surface area (Å²) in [5, 5.41) is 9.13. The molecule has 1 atom stereocenters. The van der Waals surface area contributed by atoms with Crippen LogP contribution in [0.5, 0.6) is 5.75 Å². The zero-order valence-corrected chi connectivity index (χ0v) is 12.9. The van der Waals surface area contributed by atoms with Crippen molar-refractivity contribution in [3.63, 3.8) is 0 Å². The Bertz CT molecular complexity index is 481. The first-order chi connectivity index (χ1) is 9.06. The number of aliphatic carboxylic acids is 1. The SMILES string of the molecule is CCc1cc(Br)c(OC)c(C(CC(=O)O)C2CC2)c1. The third-order valence-corrected chi connectivity index (χ3v) is 4.32. The Balaban J connectivity index is 2.44. The third kappa shape index (κ3) is 3.30. The predicted octanol–water partition coefficient (Wildman–Crippen LogP) is 3.99. The maximum atomic E-state index is 11.1. The highest BCUT2D eigenvalue weighted by Gasteiger charge is 2.35. The normalized spacial score (nSPS) is 16.2. The summed E-state index contributed by atoms with van der Waals surface area (Å²) in [4.78, 5) is 11.1. The molecule has 1 saturated carbocycles. The zero-order chi connectivity index (χ0) is 14.0. The number of ether oxygens (including phenoxy) is 1. The minimum absolute atomic E-state index is 0.0650. The van der Waals surface area contributed by atoms with E-state index in [9.17, 15) is 4.79 Å². The van der Waals surface area contributed by atoms with E-state index in [-0.39, 0.29) is 12.3 Å². The standard InChI is InChI=1S/C15H19BrO3/c1-3-9-6-12(15(19-2)13(16)7-9)11(8-14(17)18)10-4-5-10/h6-7,10-11H,3-5,8H2,1-2H3,(H,17,18). The van der Waals surface area contributed by atoms with Crippen molar-refractivity contribution in [2.75, 3.05) is 7.11 Å². The van der Waals surface area contributed by atoms with Gasteiger partial charge in [-0.25, -0.2) is 0 Å². The molecule has 0 aromatic heterocycles. The highest BCUT2D eigenvalue weighted by Crippen LogP contribution is 2.48. The number of carboxylic acids is 1. The lowest BCUT2D eigenvalue weighted by molar-refractivity contribution is -0.137. The van der Waals surface area contributed by atoms with Crippen LogP contribution in [0.3, 0.4) is 0 Å². The highest BCUT2D eigenvalue weighted by molar-refractivity contribution is 9.10. The lowest BCUT2D eigenvalue weighted by Gasteiger charge is -2.20. The maximum Gasteiger partial charge on any atom is 0.303 e. The topological polar surface area (TPSA) is 46.5 Å². The van der Waals surface area contributed by atoms with Crippen LogP contribution >= 0.6 is 15.9 Å². The largest absolute Gasteiger partial charge is 0.495 e. The number of aryl methyl sites for hydroxylation is 1. The van der Waals surface area contributed by atoms with Gasteiger partial charge >= 0.3 is 5.97 Å². The molecule has 1 N–H and O–H groups in total. The van der Waals surface area contributed by atoms with Gasteiger partial charge < -0.3 is 9.84 Å². The Hall–Kier alpha value is -1.03. The van der Waals surface area contributed by atoms with Gasteiger partial charge in [0.1, 0.15) is 5.75 Å². The van der Waals surface area contributed by atoms with Crippen LogP contribution in [0.1, 0.15) is 43.2 Å². The van der Waals surface area contributed by atoms with Gasteiger partial charge in [-0.15, -0.1) is 0 Å². The summed E-state index contributed by atoms with van der Waals surface area (Å²) in [5.41, 5.74) is 2.25. The summed E-state index contributed by atoms with van der Waals surface area (Å²) >= 11 is 3.53. The molecule has 0 bridgehead atoms. The van der Waals surface area contributed by atoms with Crippen LogP contribution < -0.4 is 4.74 Å². The van der Waals surface area contributed by atoms with E-state index in [1.54, 1.807) is 7.11 Å². The molecule has 1 fully saturated rings. The summed E-state index contributed by atoms with van der Waals surface area (Å²) < 4.78 is 6.39. The second-order valence-corrected chi connectivity index (χ2v) is 5.95. The number of hydrogen-bond acceptors (Lipinski definition) is 2. The van der Waals surface area contributed by atoms with Crippen LogP contribution in [-0.2, 0) is 11.2 Å². The Morgan fingerprint density at radius 2 is 2.21 bits per heavy atom. The average Bonchev–Trinajstić information content (AvgIpc) is 3.19. The molecule has 4 heteroatoms. The second-order valence-electron chi connectivity index (χ2n) is 5.10. The Morgan fingerprint density at radius 1 is 1.53 bits per heavy atom. The Kier molecular flexibility index (Phi) is 4.50. The molecule has 0 saturated heterocycles. The second kappa shape index (κ2) is 5.95. The van der Waals surface area contributed by atoms with Crippen molar-refractivity contribution >= 4 is 21.9 Å². The van der Waals surface area contributed by atoms with Gasteiger partial charge in [0.05, 0.1) is 18.0 Å². The zero-order valence-electron chi connectivity index (χ0n) is 11.3. The van der Waals surface area contributed by atoms with Crippen molar-refractivity contribution in [3.05, 3.63) is 27.7 Å². The smallest absolute Gasteiger partial charge is 0.303 e. The lowest BCUT2D eigenvalue weighted by Crippen LogP contribution is -2.10. The highest BCUT2D eigenvalue weighted by atomic mass is 79.9. The van der Waals surface area contributed by atoms with Crippen LogP contribution in [0, 0.1) is 5.92 Å². The summed E-state index contributed by atoms with van der Waals surface area (Å²) in [6.07, 6.45) is 3.35. The fourth-order valence-electron chi connectivity index (χ4n) is 2.59. The van der Waals surface area contributed by atoms with Crippen molar-refractivity contribution in [2.45, 2.75) is 38.5 Å². The monoisotopic (exact) mass is 326 g/mol. The fraction of sp³-hybridized carbons (Fsp3) is 0.533. The quantitative estimate of drug-likeness (QED) is 0.859. The molecule has 1 unspecified atom stereocenters. The number of benzene rings is 1. The Morgan fingerprint density at radius 3 is 2.68 bits per heavy atom. The number of hydrogen-bond donors (Lipinski definition) is 1. The van der Waals surface area contributed by atoms with E-state index in [1.807, 2.05) is 6.07 Å². The van der Waals surface area contributed by atoms with Crippen LogP contribution in [0.4, 0.5) is 0 Å². The number of carbonyl (C=O) groups is 1. The summed E-state index contributed by atoms with van der Waals surface area (Å²) in [7, 11) is 1.64. The predicted molar refractivity (Wildman–Crippen MR) is 77.8 cm³/mol. The molecule has 1 aromatic rings. The first-order valence-corrected chi connectivity index (χ1v) is 7.44. The maximum absolute atomic E-state index is 11.1. The van der Waals surface area contributed by atoms with Crippen molar-refractivity contribution < 1.29 is 14.6 Å². The van der Waals surface area contributed by atoms with Crippen LogP contribution in [-0.4, -0.2) is 18.2 Å². The van der Waals surface area contributed by atoms with Crippen LogP contribution in [0.25, 0.3) is 0 Å². The van der Waals surface area contributed by atoms with E-state index in [4.69, 9.17) is 9.84 Å². The molecule has 104 valence electrons. The number of halogens is 1. The number of methoxy groups -OCH3 is 1. The minimum Gasteiger partial charge on any atom is -0.495 e. The van der Waals surface area contributed by atoms with Gasteiger partial charge in [0.25, 0.3) is 0 Å². The van der Waals surface area contributed by atoms with E-state index in [0.717, 1.165) is 35.0 Å². The molecule has 1 aliphatic carbocycles. The van der Waals surface area contributed by atoms with E-state index in [2.05, 4.69) is 28.9 Å². The van der Waals surface area contributed by atoms with Gasteiger partial charge in [-0.05, 0) is 58.3 Å². The Labute approximate surface area is 122 Å². The molecule has 1 aromatic carbocycles. The fourth-order valence-corrected chi connectivity index (χ4v) is 3.27. The van der Waals surface area contributed by atoms with Gasteiger partial charge in [-0.3, -0.25) is 4.79 Å². The molecule has 1 aliphatic rings. The van der Waals surface area contributed by atoms with Crippen molar-refractivity contribution in [2.24, 2.45) is 5.92 Å². The minimum atomic E-state index is -0.739. The van der Waals surface area contributed by atoms with E-state index < -0.39 is 5.97 Å². The lowest BCUT2D eigenvalue weighted by atomic mass is 9.89. The number of rotatable bonds is 6. The average molecular weight is 327 g/mol. The van der Waals surface area contributed by atoms with Gasteiger partial charge in [-0.1, -0.05) is 13.0 Å². The molecule has 0 radical (unpaired) electrons. The molecular weight excluding hydrogens is 308 g/mol. The summed E-state index contributed by atoms with van der Waals surface area (Å²) in [6.45, 7) is 2.10.